The molecule has 1 amide bonds. The van der Waals surface area contributed by atoms with Crippen LogP contribution in [-0.2, 0) is 4.79 Å². The predicted molar refractivity (Wildman–Crippen MR) is 121 cm³/mol. The Balaban J connectivity index is 1.45. The zero-order chi connectivity index (χ0) is 22.2. The maximum Gasteiger partial charge on any atom is 0.221 e. The minimum atomic E-state index is -0.684. The molecule has 0 bridgehead atoms. The summed E-state index contributed by atoms with van der Waals surface area (Å²) < 4.78 is 5.73. The number of hydrogen-bond acceptors (Lipinski definition) is 6. The van der Waals surface area contributed by atoms with Crippen molar-refractivity contribution in [3.63, 3.8) is 0 Å². The number of hydrogen-bond donors (Lipinski definition) is 3. The highest BCUT2D eigenvalue weighted by Crippen LogP contribution is 2.26. The smallest absolute Gasteiger partial charge is 0.221 e. The van der Waals surface area contributed by atoms with Crippen LogP contribution in [0.5, 0.6) is 5.75 Å². The van der Waals surface area contributed by atoms with Crippen molar-refractivity contribution < 1.29 is 14.6 Å². The third-order valence-corrected chi connectivity index (χ3v) is 5.38. The van der Waals surface area contributed by atoms with Crippen molar-refractivity contribution in [3.8, 4) is 11.8 Å². The molecule has 1 aliphatic rings. The molecule has 1 aliphatic heterocycles. The third kappa shape index (κ3) is 7.14. The second kappa shape index (κ2) is 11.0. The summed E-state index contributed by atoms with van der Waals surface area (Å²) in [5.41, 5.74) is 1.97. The van der Waals surface area contributed by atoms with Crippen molar-refractivity contribution in [1.29, 1.82) is 5.26 Å². The molecule has 1 saturated heterocycles. The van der Waals surface area contributed by atoms with Crippen LogP contribution in [0, 0.1) is 11.3 Å². The Morgan fingerprint density at radius 1 is 1.29 bits per heavy atom. The highest BCUT2D eigenvalue weighted by molar-refractivity contribution is 6.30. The number of likely N-dealkylation sites (tertiary alicyclic amines) is 1. The predicted octanol–water partition coefficient (Wildman–Crippen LogP) is 3.49. The van der Waals surface area contributed by atoms with E-state index in [2.05, 4.69) is 15.5 Å². The lowest BCUT2D eigenvalue weighted by atomic mass is 10.0. The largest absolute Gasteiger partial charge is 0.489 e. The van der Waals surface area contributed by atoms with E-state index in [1.807, 2.05) is 30.3 Å². The summed E-state index contributed by atoms with van der Waals surface area (Å²) in [5.74, 6) is 0.143. The van der Waals surface area contributed by atoms with Gasteiger partial charge >= 0.3 is 0 Å². The van der Waals surface area contributed by atoms with E-state index in [0.29, 0.717) is 29.6 Å². The molecule has 1 unspecified atom stereocenters. The van der Waals surface area contributed by atoms with Crippen LogP contribution in [0.3, 0.4) is 0 Å². The number of rotatable bonds is 8. The van der Waals surface area contributed by atoms with Crippen LogP contribution in [0.15, 0.2) is 42.5 Å². The van der Waals surface area contributed by atoms with E-state index in [1.54, 1.807) is 18.2 Å². The van der Waals surface area contributed by atoms with Gasteiger partial charge in [0.1, 0.15) is 18.5 Å². The Hall–Kier alpha value is -2.79. The monoisotopic (exact) mass is 442 g/mol. The number of aliphatic hydroxyl groups is 1. The zero-order valence-corrected chi connectivity index (χ0v) is 18.2. The van der Waals surface area contributed by atoms with Gasteiger partial charge in [-0.15, -0.1) is 0 Å². The van der Waals surface area contributed by atoms with Crippen LogP contribution < -0.4 is 15.4 Å². The number of amides is 1. The van der Waals surface area contributed by atoms with E-state index < -0.39 is 6.10 Å². The van der Waals surface area contributed by atoms with Crippen molar-refractivity contribution in [3.05, 3.63) is 53.1 Å². The first kappa shape index (κ1) is 22.9. The molecule has 0 aliphatic carbocycles. The number of nitrogens with one attached hydrogen (secondary N) is 2. The van der Waals surface area contributed by atoms with Crippen molar-refractivity contribution in [1.82, 2.24) is 4.90 Å². The minimum Gasteiger partial charge on any atom is -0.489 e. The van der Waals surface area contributed by atoms with E-state index in [-0.39, 0.29) is 12.5 Å². The molecular weight excluding hydrogens is 416 g/mol. The van der Waals surface area contributed by atoms with Crippen LogP contribution in [0.25, 0.3) is 0 Å². The lowest BCUT2D eigenvalue weighted by molar-refractivity contribution is -0.114. The minimum absolute atomic E-state index is 0.0738. The number of piperidine rings is 1. The molecule has 0 aromatic heterocycles. The molecule has 0 saturated carbocycles. The van der Waals surface area contributed by atoms with Gasteiger partial charge in [0.05, 0.1) is 17.3 Å². The van der Waals surface area contributed by atoms with Gasteiger partial charge in [-0.3, -0.25) is 4.79 Å². The van der Waals surface area contributed by atoms with E-state index in [1.165, 1.54) is 6.92 Å². The van der Waals surface area contributed by atoms with Gasteiger partial charge in [0, 0.05) is 49.4 Å². The first-order valence-corrected chi connectivity index (χ1v) is 10.7. The molecule has 1 atom stereocenters. The number of β-amino-alcohol motifs (C(OH)–C–C–N with tert-alkyl or cyclic N) is 1. The number of aliphatic hydroxyl groups excluding tert-OH is 1. The summed E-state index contributed by atoms with van der Waals surface area (Å²) in [6.45, 7) is 3.74. The van der Waals surface area contributed by atoms with Crippen LogP contribution in [-0.4, -0.2) is 54.3 Å². The van der Waals surface area contributed by atoms with Crippen LogP contribution in [0.4, 0.5) is 11.4 Å². The molecule has 7 nitrogen and oxygen atoms in total. The summed E-state index contributed by atoms with van der Waals surface area (Å²) in [5, 5.41) is 26.5. The summed E-state index contributed by atoms with van der Waals surface area (Å²) >= 11 is 5.93. The Bertz CT molecular complexity index is 921. The second-order valence-electron chi connectivity index (χ2n) is 7.69. The van der Waals surface area contributed by atoms with Crippen LogP contribution in [0.1, 0.15) is 25.3 Å². The number of nitrogens with zero attached hydrogens (tertiary/aromatic N) is 2. The maximum absolute atomic E-state index is 11.4. The Morgan fingerprint density at radius 2 is 2.00 bits per heavy atom. The molecule has 8 heteroatoms. The first-order valence-electron chi connectivity index (χ1n) is 10.3. The van der Waals surface area contributed by atoms with Gasteiger partial charge in [-0.25, -0.2) is 0 Å². The van der Waals surface area contributed by atoms with Crippen LogP contribution in [0.2, 0.25) is 5.02 Å². The summed E-state index contributed by atoms with van der Waals surface area (Å²) in [7, 11) is 0. The van der Waals surface area contributed by atoms with Crippen molar-refractivity contribution in [2.45, 2.75) is 31.9 Å². The highest BCUT2D eigenvalue weighted by Gasteiger charge is 2.21. The zero-order valence-electron chi connectivity index (χ0n) is 17.5. The molecule has 1 heterocycles. The fraction of sp³-hybridized carbons (Fsp3) is 0.391. The van der Waals surface area contributed by atoms with Gasteiger partial charge < -0.3 is 25.4 Å². The second-order valence-corrected chi connectivity index (χ2v) is 8.13. The lowest BCUT2D eigenvalue weighted by Crippen LogP contribution is -2.43. The average molecular weight is 443 g/mol. The number of ether oxygens (including phenoxy) is 1. The highest BCUT2D eigenvalue weighted by atomic mass is 35.5. The maximum atomic E-state index is 11.4. The molecule has 3 rings (SSSR count). The van der Waals surface area contributed by atoms with E-state index >= 15 is 0 Å². The molecular formula is C23H27ClN4O3. The first-order chi connectivity index (χ1) is 14.9. The van der Waals surface area contributed by atoms with Crippen LogP contribution >= 0.6 is 11.6 Å². The average Bonchev–Trinajstić information content (AvgIpc) is 2.75. The Labute approximate surface area is 187 Å². The standard InChI is InChI=1S/C23H27ClN4O3/c1-16(29)26-22-7-2-17(13-25)12-23(22)31-15-21(30)14-28-10-8-20(9-11-28)27-19-5-3-18(24)4-6-19/h2-7,12,20-21,27,30H,8-11,14-15H2,1H3,(H,26,29). The number of benzene rings is 2. The van der Waals surface area contributed by atoms with Gasteiger partial charge in [0.15, 0.2) is 0 Å². The molecule has 2 aromatic rings. The van der Waals surface area contributed by atoms with Gasteiger partial charge in [0.25, 0.3) is 0 Å². The van der Waals surface area contributed by atoms with Crippen molar-refractivity contribution in [2.24, 2.45) is 0 Å². The summed E-state index contributed by atoms with van der Waals surface area (Å²) in [6.07, 6.45) is 1.27. The third-order valence-electron chi connectivity index (χ3n) is 5.12. The quantitative estimate of drug-likeness (QED) is 0.579. The lowest BCUT2D eigenvalue weighted by Gasteiger charge is -2.34. The molecule has 164 valence electrons. The van der Waals surface area contributed by atoms with Gasteiger partial charge in [-0.2, -0.15) is 5.26 Å². The fourth-order valence-electron chi connectivity index (χ4n) is 3.58. The summed E-state index contributed by atoms with van der Waals surface area (Å²) in [6, 6.07) is 14.9. The van der Waals surface area contributed by atoms with Crippen molar-refractivity contribution in [2.75, 3.05) is 36.9 Å². The Morgan fingerprint density at radius 3 is 2.65 bits per heavy atom. The SMILES string of the molecule is CC(=O)Nc1ccc(C#N)cc1OCC(O)CN1CCC(Nc2ccc(Cl)cc2)CC1. The molecule has 0 spiro atoms. The summed E-state index contributed by atoms with van der Waals surface area (Å²) in [4.78, 5) is 13.6. The van der Waals surface area contributed by atoms with Gasteiger partial charge in [-0.1, -0.05) is 11.6 Å². The van der Waals surface area contributed by atoms with E-state index in [4.69, 9.17) is 21.6 Å². The molecule has 31 heavy (non-hydrogen) atoms. The van der Waals surface area contributed by atoms with Gasteiger partial charge in [-0.05, 0) is 49.2 Å². The van der Waals surface area contributed by atoms with Crippen molar-refractivity contribution >= 4 is 28.9 Å². The molecule has 2 aromatic carbocycles. The number of carbonyl (C=O) groups is 1. The Kier molecular flexibility index (Phi) is 8.13. The normalized spacial score (nSPS) is 15.7. The number of anilines is 2. The molecule has 1 fully saturated rings. The van der Waals surface area contributed by atoms with Gasteiger partial charge in [0.2, 0.25) is 5.91 Å². The van der Waals surface area contributed by atoms with E-state index in [9.17, 15) is 9.90 Å². The molecule has 0 radical (unpaired) electrons. The number of nitriles is 1. The fourth-order valence-corrected chi connectivity index (χ4v) is 3.71. The number of halogens is 1. The number of carbonyl (C=O) groups excluding carboxylic acids is 1. The topological polar surface area (TPSA) is 97.6 Å². The molecule has 3 N–H and O–H groups in total. The van der Waals surface area contributed by atoms with E-state index in [0.717, 1.165) is 36.6 Å².